The minimum absolute atomic E-state index is 0.733. The van der Waals surface area contributed by atoms with E-state index >= 15 is 0 Å². The third kappa shape index (κ3) is 2.04. The SMILES string of the molecule is CC(C)C1=CC[C@@H](C)C2=C(C1)[C@H](C)CC2. The highest BCUT2D eigenvalue weighted by atomic mass is 14.3. The molecule has 0 nitrogen and oxygen atoms in total. The smallest absolute Gasteiger partial charge is 0.0100 e. The molecular formula is C15H24. The normalized spacial score (nSPS) is 31.7. The topological polar surface area (TPSA) is 0 Å². The fraction of sp³-hybridized carbons (Fsp3) is 0.733. The van der Waals surface area contributed by atoms with Gasteiger partial charge in [0.05, 0.1) is 0 Å². The minimum atomic E-state index is 0.733. The quantitative estimate of drug-likeness (QED) is 0.542. The number of hydrogen-bond acceptors (Lipinski definition) is 0. The molecule has 0 radical (unpaired) electrons. The first-order chi connectivity index (χ1) is 7.09. The summed E-state index contributed by atoms with van der Waals surface area (Å²) in [4.78, 5) is 0. The molecule has 0 bridgehead atoms. The maximum absolute atomic E-state index is 2.51. The Morgan fingerprint density at radius 1 is 1.13 bits per heavy atom. The Kier molecular flexibility index (Phi) is 3.04. The van der Waals surface area contributed by atoms with Gasteiger partial charge in [0, 0.05) is 0 Å². The lowest BCUT2D eigenvalue weighted by Gasteiger charge is -2.15. The molecular weight excluding hydrogens is 180 g/mol. The van der Waals surface area contributed by atoms with Crippen LogP contribution in [0.1, 0.15) is 53.4 Å². The average Bonchev–Trinajstić information content (AvgIpc) is 2.43. The standard InChI is InChI=1S/C15H24/c1-10(2)13-7-5-11(3)14-8-6-12(4)15(14)9-13/h7,10-12H,5-6,8-9H2,1-4H3/t11-,12-/m1/s1. The van der Waals surface area contributed by atoms with E-state index < -0.39 is 0 Å². The molecule has 0 heteroatoms. The third-order valence-corrected chi connectivity index (χ3v) is 4.32. The second-order valence-electron chi connectivity index (χ2n) is 5.74. The van der Waals surface area contributed by atoms with Crippen LogP contribution in [0.3, 0.4) is 0 Å². The number of hydrogen-bond donors (Lipinski definition) is 0. The third-order valence-electron chi connectivity index (χ3n) is 4.32. The second kappa shape index (κ2) is 4.15. The van der Waals surface area contributed by atoms with E-state index in [0.29, 0.717) is 0 Å². The zero-order valence-electron chi connectivity index (χ0n) is 10.6. The van der Waals surface area contributed by atoms with Crippen LogP contribution in [0, 0.1) is 17.8 Å². The van der Waals surface area contributed by atoms with Crippen LogP contribution in [0.15, 0.2) is 22.8 Å². The van der Waals surface area contributed by atoms with Crippen molar-refractivity contribution in [2.24, 2.45) is 17.8 Å². The van der Waals surface area contributed by atoms with Gasteiger partial charge in [0.15, 0.2) is 0 Å². The van der Waals surface area contributed by atoms with Crippen molar-refractivity contribution in [2.45, 2.75) is 53.4 Å². The molecule has 2 rings (SSSR count). The van der Waals surface area contributed by atoms with Crippen molar-refractivity contribution in [3.63, 3.8) is 0 Å². The highest BCUT2D eigenvalue weighted by molar-refractivity contribution is 5.32. The van der Waals surface area contributed by atoms with Gasteiger partial charge in [-0.2, -0.15) is 0 Å². The fourth-order valence-corrected chi connectivity index (χ4v) is 3.08. The highest BCUT2D eigenvalue weighted by Crippen LogP contribution is 2.43. The zero-order chi connectivity index (χ0) is 11.0. The van der Waals surface area contributed by atoms with Crippen LogP contribution in [0.4, 0.5) is 0 Å². The molecule has 0 unspecified atom stereocenters. The number of rotatable bonds is 1. The van der Waals surface area contributed by atoms with Crippen LogP contribution in [0.25, 0.3) is 0 Å². The van der Waals surface area contributed by atoms with Crippen molar-refractivity contribution in [3.8, 4) is 0 Å². The van der Waals surface area contributed by atoms with E-state index in [1.54, 1.807) is 16.7 Å². The zero-order valence-corrected chi connectivity index (χ0v) is 10.6. The van der Waals surface area contributed by atoms with Crippen molar-refractivity contribution in [1.82, 2.24) is 0 Å². The van der Waals surface area contributed by atoms with Gasteiger partial charge in [-0.05, 0) is 43.4 Å². The summed E-state index contributed by atoms with van der Waals surface area (Å²) in [5.74, 6) is 2.39. The van der Waals surface area contributed by atoms with Crippen LogP contribution < -0.4 is 0 Å². The molecule has 0 saturated carbocycles. The molecule has 0 amide bonds. The van der Waals surface area contributed by atoms with Gasteiger partial charge in [-0.3, -0.25) is 0 Å². The molecule has 0 aromatic heterocycles. The van der Waals surface area contributed by atoms with Gasteiger partial charge in [0.2, 0.25) is 0 Å². The Hall–Kier alpha value is -0.520. The molecule has 0 heterocycles. The highest BCUT2D eigenvalue weighted by Gasteiger charge is 2.27. The van der Waals surface area contributed by atoms with Crippen LogP contribution in [-0.4, -0.2) is 0 Å². The molecule has 0 saturated heterocycles. The van der Waals surface area contributed by atoms with Gasteiger partial charge in [-0.15, -0.1) is 0 Å². The number of allylic oxidation sites excluding steroid dienone is 4. The van der Waals surface area contributed by atoms with E-state index in [1.807, 2.05) is 0 Å². The largest absolute Gasteiger partial charge is 0.0842 e. The van der Waals surface area contributed by atoms with Crippen molar-refractivity contribution in [1.29, 1.82) is 0 Å². The molecule has 0 spiro atoms. The monoisotopic (exact) mass is 204 g/mol. The van der Waals surface area contributed by atoms with Crippen LogP contribution in [-0.2, 0) is 0 Å². The van der Waals surface area contributed by atoms with Gasteiger partial charge in [-0.1, -0.05) is 50.5 Å². The molecule has 15 heavy (non-hydrogen) atoms. The molecule has 0 N–H and O–H groups in total. The van der Waals surface area contributed by atoms with E-state index in [1.165, 1.54) is 25.7 Å². The Morgan fingerprint density at radius 3 is 2.53 bits per heavy atom. The molecule has 0 aromatic carbocycles. The first kappa shape index (κ1) is 11.0. The average molecular weight is 204 g/mol. The van der Waals surface area contributed by atoms with Gasteiger partial charge in [0.1, 0.15) is 0 Å². The summed E-state index contributed by atoms with van der Waals surface area (Å²) in [6.45, 7) is 9.49. The summed E-state index contributed by atoms with van der Waals surface area (Å²) in [6.07, 6.45) is 7.84. The summed E-state index contributed by atoms with van der Waals surface area (Å²) in [5, 5.41) is 0. The van der Waals surface area contributed by atoms with Gasteiger partial charge in [0.25, 0.3) is 0 Å². The first-order valence-corrected chi connectivity index (χ1v) is 6.50. The van der Waals surface area contributed by atoms with Gasteiger partial charge >= 0.3 is 0 Å². The summed E-state index contributed by atoms with van der Waals surface area (Å²) < 4.78 is 0. The maximum Gasteiger partial charge on any atom is -0.0100 e. The fourth-order valence-electron chi connectivity index (χ4n) is 3.08. The Balaban J connectivity index is 2.28. The van der Waals surface area contributed by atoms with Gasteiger partial charge in [-0.25, -0.2) is 0 Å². The summed E-state index contributed by atoms with van der Waals surface area (Å²) in [6, 6.07) is 0. The van der Waals surface area contributed by atoms with Gasteiger partial charge < -0.3 is 0 Å². The summed E-state index contributed by atoms with van der Waals surface area (Å²) in [5.41, 5.74) is 5.27. The summed E-state index contributed by atoms with van der Waals surface area (Å²) in [7, 11) is 0. The Labute approximate surface area is 94.5 Å². The second-order valence-corrected chi connectivity index (χ2v) is 5.74. The molecule has 0 fully saturated rings. The Morgan fingerprint density at radius 2 is 1.87 bits per heavy atom. The van der Waals surface area contributed by atoms with Crippen molar-refractivity contribution in [3.05, 3.63) is 22.8 Å². The van der Waals surface area contributed by atoms with Crippen molar-refractivity contribution in [2.75, 3.05) is 0 Å². The van der Waals surface area contributed by atoms with Crippen LogP contribution >= 0.6 is 0 Å². The minimum Gasteiger partial charge on any atom is -0.0842 e. The van der Waals surface area contributed by atoms with E-state index in [9.17, 15) is 0 Å². The van der Waals surface area contributed by atoms with Crippen molar-refractivity contribution < 1.29 is 0 Å². The van der Waals surface area contributed by atoms with Crippen LogP contribution in [0.5, 0.6) is 0 Å². The lowest BCUT2D eigenvalue weighted by atomic mass is 9.91. The summed E-state index contributed by atoms with van der Waals surface area (Å²) >= 11 is 0. The lowest BCUT2D eigenvalue weighted by Crippen LogP contribution is -2.00. The van der Waals surface area contributed by atoms with E-state index in [0.717, 1.165) is 17.8 Å². The molecule has 84 valence electrons. The lowest BCUT2D eigenvalue weighted by molar-refractivity contribution is 0.620. The molecule has 0 aromatic rings. The Bertz CT molecular complexity index is 304. The maximum atomic E-state index is 2.51. The molecule has 0 aliphatic heterocycles. The van der Waals surface area contributed by atoms with Crippen LogP contribution in [0.2, 0.25) is 0 Å². The van der Waals surface area contributed by atoms with Crippen molar-refractivity contribution >= 4 is 0 Å². The molecule has 2 aliphatic carbocycles. The molecule has 2 atom stereocenters. The predicted octanol–water partition coefficient (Wildman–Crippen LogP) is 4.73. The van der Waals surface area contributed by atoms with E-state index in [-0.39, 0.29) is 0 Å². The molecule has 2 aliphatic rings. The predicted molar refractivity (Wildman–Crippen MR) is 66.7 cm³/mol. The first-order valence-electron chi connectivity index (χ1n) is 6.50. The van der Waals surface area contributed by atoms with E-state index in [4.69, 9.17) is 0 Å². The van der Waals surface area contributed by atoms with E-state index in [2.05, 4.69) is 33.8 Å².